The van der Waals surface area contributed by atoms with E-state index in [2.05, 4.69) is 5.32 Å². The van der Waals surface area contributed by atoms with Crippen LogP contribution in [0.1, 0.15) is 21.5 Å². The molecule has 0 aliphatic carbocycles. The molecule has 0 spiro atoms. The van der Waals surface area contributed by atoms with Crippen molar-refractivity contribution in [3.05, 3.63) is 119 Å². The van der Waals surface area contributed by atoms with Gasteiger partial charge in [0.15, 0.2) is 11.5 Å². The number of carbonyl (C=O) groups is 3. The second-order valence-electron chi connectivity index (χ2n) is 8.57. The van der Waals surface area contributed by atoms with Gasteiger partial charge in [-0.3, -0.25) is 19.3 Å². The number of benzene rings is 4. The maximum Gasteiger partial charge on any atom is 0.293 e. The second-order valence-corrected chi connectivity index (χ2v) is 9.57. The van der Waals surface area contributed by atoms with Crippen molar-refractivity contribution < 1.29 is 29.3 Å². The Bertz CT molecular complexity index is 1570. The van der Waals surface area contributed by atoms with Gasteiger partial charge in [0.1, 0.15) is 11.5 Å². The van der Waals surface area contributed by atoms with Crippen molar-refractivity contribution in [2.24, 2.45) is 0 Å². The average Bonchev–Trinajstić information content (AvgIpc) is 3.20. The molecular formula is C30H22N2O6S. The molecule has 4 aromatic carbocycles. The fourth-order valence-corrected chi connectivity index (χ4v) is 4.65. The van der Waals surface area contributed by atoms with Crippen LogP contribution in [0.4, 0.5) is 10.5 Å². The first kappa shape index (κ1) is 25.6. The van der Waals surface area contributed by atoms with Crippen LogP contribution >= 0.6 is 11.8 Å². The van der Waals surface area contributed by atoms with Gasteiger partial charge in [0, 0.05) is 16.8 Å². The van der Waals surface area contributed by atoms with Crippen LogP contribution in [0.2, 0.25) is 0 Å². The van der Waals surface area contributed by atoms with Crippen LogP contribution in [0, 0.1) is 0 Å². The normalized spacial score (nSPS) is 14.1. The molecule has 4 aromatic rings. The Balaban J connectivity index is 1.20. The molecule has 0 radical (unpaired) electrons. The van der Waals surface area contributed by atoms with Crippen molar-refractivity contribution in [1.82, 2.24) is 4.90 Å². The molecule has 0 unspecified atom stereocenters. The summed E-state index contributed by atoms with van der Waals surface area (Å²) in [6.07, 6.45) is 1.37. The van der Waals surface area contributed by atoms with E-state index >= 15 is 0 Å². The van der Waals surface area contributed by atoms with Crippen LogP contribution in [0.15, 0.2) is 102 Å². The number of phenolic OH excluding ortho intramolecular Hbond substituents is 2. The standard InChI is InChI=1S/C30H22N2O6S/c33-25-8-4-5-21(27(25)34)17-26-29(36)32(30(37)39-26)18-19-9-13-22(14-10-19)31-28(35)20-11-15-24(16-12-20)38-23-6-2-1-3-7-23/h1-17,33-34H,18H2,(H,31,35). The van der Waals surface area contributed by atoms with Gasteiger partial charge in [-0.1, -0.05) is 42.5 Å². The molecule has 1 aliphatic rings. The van der Waals surface area contributed by atoms with Crippen molar-refractivity contribution in [3.8, 4) is 23.0 Å². The van der Waals surface area contributed by atoms with Gasteiger partial charge in [0.05, 0.1) is 11.4 Å². The Morgan fingerprint density at radius 2 is 1.54 bits per heavy atom. The predicted octanol–water partition coefficient (Wildman–Crippen LogP) is 6.38. The maximum atomic E-state index is 12.8. The monoisotopic (exact) mass is 538 g/mol. The first-order valence-electron chi connectivity index (χ1n) is 11.9. The number of ether oxygens (including phenoxy) is 1. The zero-order valence-electron chi connectivity index (χ0n) is 20.4. The van der Waals surface area contributed by atoms with Crippen LogP contribution in [0.3, 0.4) is 0 Å². The number of aromatic hydroxyl groups is 2. The van der Waals surface area contributed by atoms with Gasteiger partial charge in [-0.2, -0.15) is 0 Å². The molecule has 0 saturated carbocycles. The van der Waals surface area contributed by atoms with Gasteiger partial charge in [0.25, 0.3) is 17.1 Å². The number of phenols is 2. The number of thioether (sulfide) groups is 1. The summed E-state index contributed by atoms with van der Waals surface area (Å²) < 4.78 is 5.75. The van der Waals surface area contributed by atoms with Crippen LogP contribution < -0.4 is 10.1 Å². The summed E-state index contributed by atoms with van der Waals surface area (Å²) in [5.74, 6) is -0.149. The van der Waals surface area contributed by atoms with Gasteiger partial charge in [-0.15, -0.1) is 0 Å². The van der Waals surface area contributed by atoms with Gasteiger partial charge in [-0.05, 0) is 78.0 Å². The van der Waals surface area contributed by atoms with Crippen molar-refractivity contribution >= 4 is 40.6 Å². The van der Waals surface area contributed by atoms with E-state index in [4.69, 9.17) is 4.74 Å². The minimum absolute atomic E-state index is 0.0468. The van der Waals surface area contributed by atoms with E-state index in [1.54, 1.807) is 48.5 Å². The fraction of sp³-hybridized carbons (Fsp3) is 0.0333. The highest BCUT2D eigenvalue weighted by molar-refractivity contribution is 8.18. The zero-order chi connectivity index (χ0) is 27.4. The van der Waals surface area contributed by atoms with Crippen molar-refractivity contribution in [1.29, 1.82) is 0 Å². The molecule has 1 saturated heterocycles. The molecule has 194 valence electrons. The summed E-state index contributed by atoms with van der Waals surface area (Å²) in [7, 11) is 0. The first-order valence-corrected chi connectivity index (χ1v) is 12.7. The summed E-state index contributed by atoms with van der Waals surface area (Å²) >= 11 is 0.761. The van der Waals surface area contributed by atoms with Gasteiger partial charge in [-0.25, -0.2) is 0 Å². The minimum Gasteiger partial charge on any atom is -0.504 e. The molecule has 9 heteroatoms. The lowest BCUT2D eigenvalue weighted by molar-refractivity contribution is -0.123. The highest BCUT2D eigenvalue weighted by Gasteiger charge is 2.35. The third-order valence-corrected chi connectivity index (χ3v) is 6.76. The highest BCUT2D eigenvalue weighted by atomic mass is 32.2. The molecule has 3 N–H and O–H groups in total. The third kappa shape index (κ3) is 5.94. The Morgan fingerprint density at radius 3 is 2.26 bits per heavy atom. The molecule has 0 bridgehead atoms. The average molecular weight is 539 g/mol. The molecule has 1 fully saturated rings. The van der Waals surface area contributed by atoms with E-state index < -0.39 is 11.1 Å². The summed E-state index contributed by atoms with van der Waals surface area (Å²) in [6, 6.07) is 27.3. The number of amides is 3. The van der Waals surface area contributed by atoms with Crippen molar-refractivity contribution in [3.63, 3.8) is 0 Å². The van der Waals surface area contributed by atoms with E-state index in [0.717, 1.165) is 16.7 Å². The lowest BCUT2D eigenvalue weighted by Crippen LogP contribution is -2.27. The second kappa shape index (κ2) is 11.2. The molecule has 1 heterocycles. The minimum atomic E-state index is -0.496. The quantitative estimate of drug-likeness (QED) is 0.185. The van der Waals surface area contributed by atoms with E-state index in [1.165, 1.54) is 24.3 Å². The van der Waals surface area contributed by atoms with E-state index in [-0.39, 0.29) is 34.4 Å². The van der Waals surface area contributed by atoms with Crippen molar-refractivity contribution in [2.75, 3.05) is 5.32 Å². The number of hydrogen-bond acceptors (Lipinski definition) is 7. The van der Waals surface area contributed by atoms with Gasteiger partial charge < -0.3 is 20.3 Å². The SMILES string of the molecule is O=C(Nc1ccc(CN2C(=O)SC(=Cc3cccc(O)c3O)C2=O)cc1)c1ccc(Oc2ccccc2)cc1. The first-order chi connectivity index (χ1) is 18.9. The van der Waals surface area contributed by atoms with Crippen LogP contribution in [0.25, 0.3) is 6.08 Å². The highest BCUT2D eigenvalue weighted by Crippen LogP contribution is 2.36. The lowest BCUT2D eigenvalue weighted by atomic mass is 10.1. The summed E-state index contributed by atoms with van der Waals surface area (Å²) in [6.45, 7) is 0.0468. The van der Waals surface area contributed by atoms with Crippen LogP contribution in [-0.4, -0.2) is 32.2 Å². The number of carbonyl (C=O) groups excluding carboxylic acids is 3. The maximum absolute atomic E-state index is 12.8. The number of nitrogens with zero attached hydrogens (tertiary/aromatic N) is 1. The zero-order valence-corrected chi connectivity index (χ0v) is 21.2. The largest absolute Gasteiger partial charge is 0.504 e. The third-order valence-electron chi connectivity index (χ3n) is 5.85. The predicted molar refractivity (Wildman–Crippen MR) is 149 cm³/mol. The van der Waals surface area contributed by atoms with E-state index in [1.807, 2.05) is 30.3 Å². The number of rotatable bonds is 7. The number of anilines is 1. The molecular weight excluding hydrogens is 516 g/mol. The summed E-state index contributed by atoms with van der Waals surface area (Å²) in [5.41, 5.74) is 1.95. The summed E-state index contributed by atoms with van der Waals surface area (Å²) in [4.78, 5) is 39.2. The Kier molecular flexibility index (Phi) is 7.33. The van der Waals surface area contributed by atoms with Gasteiger partial charge >= 0.3 is 0 Å². The molecule has 8 nitrogen and oxygen atoms in total. The molecule has 0 aromatic heterocycles. The van der Waals surface area contributed by atoms with Crippen LogP contribution in [-0.2, 0) is 11.3 Å². The fourth-order valence-electron chi connectivity index (χ4n) is 3.82. The smallest absolute Gasteiger partial charge is 0.293 e. The number of nitrogens with one attached hydrogen (secondary N) is 1. The molecule has 39 heavy (non-hydrogen) atoms. The number of imide groups is 1. The molecule has 5 rings (SSSR count). The van der Waals surface area contributed by atoms with Crippen LogP contribution in [0.5, 0.6) is 23.0 Å². The molecule has 1 aliphatic heterocycles. The van der Waals surface area contributed by atoms with E-state index in [9.17, 15) is 24.6 Å². The Hall–Kier alpha value is -5.02. The van der Waals surface area contributed by atoms with Crippen molar-refractivity contribution in [2.45, 2.75) is 6.54 Å². The Morgan fingerprint density at radius 1 is 0.846 bits per heavy atom. The topological polar surface area (TPSA) is 116 Å². The summed E-state index contributed by atoms with van der Waals surface area (Å²) in [5, 5.41) is 22.0. The lowest BCUT2D eigenvalue weighted by Gasteiger charge is -2.13. The molecule has 3 amide bonds. The Labute approximate surface area is 228 Å². The molecule has 0 atom stereocenters. The van der Waals surface area contributed by atoms with Gasteiger partial charge in [0.2, 0.25) is 0 Å². The number of hydrogen-bond donors (Lipinski definition) is 3. The number of para-hydroxylation sites is 2. The van der Waals surface area contributed by atoms with E-state index in [0.29, 0.717) is 28.3 Å².